The van der Waals surface area contributed by atoms with Crippen LogP contribution in [0.25, 0.3) is 0 Å². The number of nitrogens with one attached hydrogen (secondary N) is 2. The predicted molar refractivity (Wildman–Crippen MR) is 127 cm³/mol. The zero-order valence-corrected chi connectivity index (χ0v) is 20.6. The number of pyridine rings is 1. The SMILES string of the molecule is C[C@H]1[C@H](Nc2cnn(CC(=O)NCc3ccnc(C(N)=O)c3)c(=O)c2Br)C[C@H]2C[C@@H]1C2(C)C. The number of carbonyl (C=O) groups excluding carboxylic acids is 2. The third-order valence-electron chi connectivity index (χ3n) is 7.54. The summed E-state index contributed by atoms with van der Waals surface area (Å²) >= 11 is 3.40. The van der Waals surface area contributed by atoms with Crippen molar-refractivity contribution in [2.75, 3.05) is 5.32 Å². The molecule has 0 aliphatic heterocycles. The fourth-order valence-corrected chi connectivity index (χ4v) is 5.75. The van der Waals surface area contributed by atoms with Crippen molar-refractivity contribution in [1.82, 2.24) is 20.1 Å². The normalized spacial score (nSPS) is 25.1. The van der Waals surface area contributed by atoms with Gasteiger partial charge in [0, 0.05) is 18.8 Å². The first-order valence-corrected chi connectivity index (χ1v) is 11.9. The molecular weight excluding hydrogens is 488 g/mol. The maximum Gasteiger partial charge on any atom is 0.283 e. The van der Waals surface area contributed by atoms with Crippen LogP contribution >= 0.6 is 15.9 Å². The molecule has 0 radical (unpaired) electrons. The third kappa shape index (κ3) is 4.53. The van der Waals surface area contributed by atoms with Gasteiger partial charge < -0.3 is 16.4 Å². The maximum atomic E-state index is 12.8. The highest BCUT2D eigenvalue weighted by Crippen LogP contribution is 2.61. The molecule has 10 heteroatoms. The average Bonchev–Trinajstić information content (AvgIpc) is 2.78. The molecule has 0 aromatic carbocycles. The second-order valence-electron chi connectivity index (χ2n) is 9.73. The van der Waals surface area contributed by atoms with E-state index in [0.29, 0.717) is 44.9 Å². The molecule has 33 heavy (non-hydrogen) atoms. The van der Waals surface area contributed by atoms with Gasteiger partial charge in [-0.05, 0) is 69.6 Å². The molecule has 4 N–H and O–H groups in total. The standard InChI is InChI=1S/C23H29BrN6O3/c1-12-15-7-14(23(15,2)3)8-16(12)29-18-10-28-30(22(33)20(18)24)11-19(31)27-9-13-4-5-26-17(6-13)21(25)32/h4-6,10,12,14-16,29H,7-9,11H2,1-3H3,(H2,25,32)(H,27,31)/t12-,14-,15+,16-/m1/s1. The second-order valence-corrected chi connectivity index (χ2v) is 10.5. The fraction of sp³-hybridized carbons (Fsp3) is 0.522. The number of aromatic nitrogens is 3. The molecule has 176 valence electrons. The van der Waals surface area contributed by atoms with Gasteiger partial charge in [0.15, 0.2) is 0 Å². The van der Waals surface area contributed by atoms with E-state index in [1.54, 1.807) is 12.3 Å². The van der Waals surface area contributed by atoms with Gasteiger partial charge in [0.25, 0.3) is 11.5 Å². The predicted octanol–water partition coefficient (Wildman–Crippen LogP) is 2.30. The lowest BCUT2D eigenvalue weighted by atomic mass is 9.45. The Hall–Kier alpha value is -2.75. The Bertz CT molecular complexity index is 1150. The zero-order chi connectivity index (χ0) is 23.9. The Labute approximate surface area is 200 Å². The Balaban J connectivity index is 1.37. The minimum absolute atomic E-state index is 0.125. The van der Waals surface area contributed by atoms with Crippen LogP contribution in [0.4, 0.5) is 5.69 Å². The Morgan fingerprint density at radius 2 is 2.09 bits per heavy atom. The molecule has 9 nitrogen and oxygen atoms in total. The van der Waals surface area contributed by atoms with Crippen LogP contribution < -0.4 is 21.9 Å². The summed E-state index contributed by atoms with van der Waals surface area (Å²) in [5, 5.41) is 10.4. The van der Waals surface area contributed by atoms with Crippen LogP contribution in [0.15, 0.2) is 33.8 Å². The number of nitrogens with zero attached hydrogens (tertiary/aromatic N) is 3. The smallest absolute Gasteiger partial charge is 0.283 e. The molecule has 0 saturated heterocycles. The van der Waals surface area contributed by atoms with Crippen LogP contribution in [-0.4, -0.2) is 32.6 Å². The second kappa shape index (κ2) is 8.89. The summed E-state index contributed by atoms with van der Waals surface area (Å²) in [6.07, 6.45) is 5.41. The van der Waals surface area contributed by atoms with Gasteiger partial charge in [0.05, 0.1) is 11.9 Å². The molecule has 5 rings (SSSR count). The molecule has 3 aliphatic carbocycles. The van der Waals surface area contributed by atoms with Gasteiger partial charge in [0.2, 0.25) is 5.91 Å². The number of fused-ring (bicyclic) bond motifs is 2. The van der Waals surface area contributed by atoms with Crippen LogP contribution in [-0.2, 0) is 17.9 Å². The molecule has 3 aliphatic rings. The van der Waals surface area contributed by atoms with E-state index in [0.717, 1.165) is 11.1 Å². The number of rotatable bonds is 7. The molecule has 3 fully saturated rings. The number of anilines is 1. The van der Waals surface area contributed by atoms with Crippen LogP contribution in [0.1, 0.15) is 49.7 Å². The van der Waals surface area contributed by atoms with Crippen molar-refractivity contribution in [2.45, 2.75) is 52.7 Å². The Morgan fingerprint density at radius 1 is 1.33 bits per heavy atom. The van der Waals surface area contributed by atoms with Crippen LogP contribution in [0.5, 0.6) is 0 Å². The summed E-state index contributed by atoms with van der Waals surface area (Å²) in [6, 6.07) is 3.48. The van der Waals surface area contributed by atoms with E-state index in [4.69, 9.17) is 5.73 Å². The first-order chi connectivity index (χ1) is 15.6. The van der Waals surface area contributed by atoms with Gasteiger partial charge in [-0.2, -0.15) is 5.10 Å². The fourth-order valence-electron chi connectivity index (χ4n) is 5.33. The van der Waals surface area contributed by atoms with Crippen molar-refractivity contribution in [2.24, 2.45) is 28.9 Å². The summed E-state index contributed by atoms with van der Waals surface area (Å²) < 4.78 is 1.49. The number of nitrogens with two attached hydrogens (primary N) is 1. The average molecular weight is 517 g/mol. The van der Waals surface area contributed by atoms with E-state index in [9.17, 15) is 14.4 Å². The maximum absolute atomic E-state index is 12.8. The van der Waals surface area contributed by atoms with Crippen molar-refractivity contribution in [3.8, 4) is 0 Å². The highest BCUT2D eigenvalue weighted by molar-refractivity contribution is 9.10. The monoisotopic (exact) mass is 516 g/mol. The summed E-state index contributed by atoms with van der Waals surface area (Å²) in [6.45, 7) is 6.95. The molecular formula is C23H29BrN6O3. The number of carbonyl (C=O) groups is 2. The lowest BCUT2D eigenvalue weighted by molar-refractivity contribution is -0.122. The van der Waals surface area contributed by atoms with Crippen LogP contribution in [0.3, 0.4) is 0 Å². The third-order valence-corrected chi connectivity index (χ3v) is 8.31. The van der Waals surface area contributed by atoms with E-state index in [-0.39, 0.29) is 30.2 Å². The Kier molecular flexibility index (Phi) is 6.30. The highest BCUT2D eigenvalue weighted by Gasteiger charge is 2.56. The number of halogens is 1. The van der Waals surface area contributed by atoms with Gasteiger partial charge >= 0.3 is 0 Å². The summed E-state index contributed by atoms with van der Waals surface area (Å²) in [5.74, 6) is 0.877. The number of hydrogen-bond donors (Lipinski definition) is 3. The number of hydrogen-bond acceptors (Lipinski definition) is 6. The summed E-state index contributed by atoms with van der Waals surface area (Å²) in [7, 11) is 0. The van der Waals surface area contributed by atoms with E-state index in [1.807, 2.05) is 0 Å². The van der Waals surface area contributed by atoms with Crippen molar-refractivity contribution >= 4 is 33.4 Å². The van der Waals surface area contributed by atoms with Crippen molar-refractivity contribution in [3.05, 3.63) is 50.6 Å². The first kappa shape index (κ1) is 23.4. The number of primary amides is 1. The largest absolute Gasteiger partial charge is 0.380 e. The molecule has 2 aromatic rings. The first-order valence-electron chi connectivity index (χ1n) is 11.1. The van der Waals surface area contributed by atoms with E-state index >= 15 is 0 Å². The summed E-state index contributed by atoms with van der Waals surface area (Å²) in [4.78, 5) is 40.3. The minimum atomic E-state index is -0.638. The molecule has 0 spiro atoms. The lowest BCUT2D eigenvalue weighted by Gasteiger charge is -2.62. The molecule has 2 aromatic heterocycles. The molecule has 0 unspecified atom stereocenters. The molecule has 2 bridgehead atoms. The molecule has 2 amide bonds. The highest BCUT2D eigenvalue weighted by atomic mass is 79.9. The molecule has 2 heterocycles. The lowest BCUT2D eigenvalue weighted by Crippen LogP contribution is -2.58. The van der Waals surface area contributed by atoms with E-state index in [1.165, 1.54) is 18.7 Å². The van der Waals surface area contributed by atoms with Gasteiger partial charge in [-0.1, -0.05) is 20.8 Å². The van der Waals surface area contributed by atoms with Crippen molar-refractivity contribution < 1.29 is 9.59 Å². The van der Waals surface area contributed by atoms with Gasteiger partial charge in [-0.15, -0.1) is 0 Å². The number of amides is 2. The minimum Gasteiger partial charge on any atom is -0.380 e. The Morgan fingerprint density at radius 3 is 2.76 bits per heavy atom. The quantitative estimate of drug-likeness (QED) is 0.517. The van der Waals surface area contributed by atoms with E-state index < -0.39 is 5.91 Å². The summed E-state index contributed by atoms with van der Waals surface area (Å²) in [5.41, 5.74) is 6.70. The molecule has 4 atom stereocenters. The molecule has 3 saturated carbocycles. The zero-order valence-electron chi connectivity index (χ0n) is 19.0. The van der Waals surface area contributed by atoms with Crippen LogP contribution in [0.2, 0.25) is 0 Å². The van der Waals surface area contributed by atoms with Crippen molar-refractivity contribution in [1.29, 1.82) is 0 Å². The topological polar surface area (TPSA) is 132 Å². The van der Waals surface area contributed by atoms with Gasteiger partial charge in [0.1, 0.15) is 16.7 Å². The van der Waals surface area contributed by atoms with Gasteiger partial charge in [-0.3, -0.25) is 19.4 Å². The van der Waals surface area contributed by atoms with E-state index in [2.05, 4.69) is 57.4 Å². The van der Waals surface area contributed by atoms with Gasteiger partial charge in [-0.25, -0.2) is 4.68 Å². The van der Waals surface area contributed by atoms with Crippen molar-refractivity contribution in [3.63, 3.8) is 0 Å². The van der Waals surface area contributed by atoms with Crippen LogP contribution in [0, 0.1) is 23.2 Å².